The number of halogens is 2. The van der Waals surface area contributed by atoms with Gasteiger partial charge in [-0.2, -0.15) is 0 Å². The van der Waals surface area contributed by atoms with Crippen LogP contribution in [0.1, 0.15) is 24.8 Å². The van der Waals surface area contributed by atoms with Crippen molar-refractivity contribution in [1.29, 1.82) is 0 Å². The summed E-state index contributed by atoms with van der Waals surface area (Å²) in [5, 5.41) is 1.07. The van der Waals surface area contributed by atoms with Gasteiger partial charge in [-0.15, -0.1) is 23.7 Å². The maximum Gasteiger partial charge on any atom is 0.124 e. The molecule has 0 radical (unpaired) electrons. The number of hydrogen-bond donors (Lipinski definition) is 1. The molecule has 0 saturated carbocycles. The summed E-state index contributed by atoms with van der Waals surface area (Å²) in [4.78, 5) is 7.01. The molecule has 0 spiro atoms. The summed E-state index contributed by atoms with van der Waals surface area (Å²) in [6.07, 6.45) is 2.33. The fourth-order valence-electron chi connectivity index (χ4n) is 2.84. The first-order chi connectivity index (χ1) is 9.61. The molecular weight excluding hydrogens is 309 g/mol. The number of thiazole rings is 1. The van der Waals surface area contributed by atoms with Crippen molar-refractivity contribution in [1.82, 2.24) is 9.88 Å². The van der Waals surface area contributed by atoms with Crippen LogP contribution >= 0.6 is 23.7 Å². The fourth-order valence-corrected chi connectivity index (χ4v) is 3.88. The molecule has 1 aromatic carbocycles. The lowest BCUT2D eigenvalue weighted by Gasteiger charge is -2.33. The minimum absolute atomic E-state index is 0. The molecule has 1 fully saturated rings. The first kappa shape index (κ1) is 16.6. The van der Waals surface area contributed by atoms with Gasteiger partial charge in [0.1, 0.15) is 10.8 Å². The topological polar surface area (TPSA) is 42.1 Å². The van der Waals surface area contributed by atoms with Crippen molar-refractivity contribution in [2.24, 2.45) is 11.7 Å². The number of likely N-dealkylation sites (tertiary alicyclic amines) is 1. The largest absolute Gasteiger partial charge is 0.328 e. The standard InChI is InChI=1S/C15H20FN3S.ClH/c1-10(17)11-4-6-19(7-5-11)9-15-18-13-3-2-12(16)8-14(13)20-15;/h2-3,8,10-11H,4-7,9,17H2,1H3;1H. The molecule has 1 aliphatic heterocycles. The van der Waals surface area contributed by atoms with Gasteiger partial charge >= 0.3 is 0 Å². The Morgan fingerprint density at radius 2 is 2.14 bits per heavy atom. The summed E-state index contributed by atoms with van der Waals surface area (Å²) < 4.78 is 14.1. The fraction of sp³-hybridized carbons (Fsp3) is 0.533. The lowest BCUT2D eigenvalue weighted by molar-refractivity contribution is 0.165. The van der Waals surface area contributed by atoms with Crippen molar-refractivity contribution >= 4 is 34.0 Å². The molecule has 6 heteroatoms. The van der Waals surface area contributed by atoms with E-state index < -0.39 is 0 Å². The van der Waals surface area contributed by atoms with E-state index in [0.29, 0.717) is 12.0 Å². The second-order valence-corrected chi connectivity index (χ2v) is 6.81. The van der Waals surface area contributed by atoms with Gasteiger partial charge in [-0.25, -0.2) is 9.37 Å². The van der Waals surface area contributed by atoms with Crippen LogP contribution in [0, 0.1) is 11.7 Å². The van der Waals surface area contributed by atoms with Gasteiger partial charge in [-0.05, 0) is 57.0 Å². The van der Waals surface area contributed by atoms with E-state index in [4.69, 9.17) is 5.73 Å². The van der Waals surface area contributed by atoms with Crippen LogP contribution in [0.4, 0.5) is 4.39 Å². The lowest BCUT2D eigenvalue weighted by Crippen LogP contribution is -2.39. The van der Waals surface area contributed by atoms with Crippen molar-refractivity contribution in [2.75, 3.05) is 13.1 Å². The molecule has 21 heavy (non-hydrogen) atoms. The minimum atomic E-state index is -0.189. The van der Waals surface area contributed by atoms with E-state index in [1.54, 1.807) is 23.5 Å². The quantitative estimate of drug-likeness (QED) is 0.938. The molecule has 1 aromatic heterocycles. The average Bonchev–Trinajstić information content (AvgIpc) is 2.80. The van der Waals surface area contributed by atoms with E-state index in [1.807, 2.05) is 0 Å². The molecule has 1 aliphatic rings. The third kappa shape index (κ3) is 3.92. The molecule has 3 nitrogen and oxygen atoms in total. The van der Waals surface area contributed by atoms with Crippen LogP contribution in [0.25, 0.3) is 10.2 Å². The molecule has 1 unspecified atom stereocenters. The maximum atomic E-state index is 13.2. The van der Waals surface area contributed by atoms with Crippen LogP contribution in [0.15, 0.2) is 18.2 Å². The third-order valence-electron chi connectivity index (χ3n) is 4.13. The van der Waals surface area contributed by atoms with Gasteiger partial charge in [-0.3, -0.25) is 4.90 Å². The molecule has 2 aromatic rings. The average molecular weight is 330 g/mol. The summed E-state index contributed by atoms with van der Waals surface area (Å²) in [5.74, 6) is 0.459. The van der Waals surface area contributed by atoms with Crippen LogP contribution < -0.4 is 5.73 Å². The van der Waals surface area contributed by atoms with E-state index in [0.717, 1.165) is 47.7 Å². The number of hydrogen-bond acceptors (Lipinski definition) is 4. The lowest BCUT2D eigenvalue weighted by atomic mass is 9.91. The number of aromatic nitrogens is 1. The molecule has 0 bridgehead atoms. The van der Waals surface area contributed by atoms with E-state index >= 15 is 0 Å². The number of nitrogens with two attached hydrogens (primary N) is 1. The zero-order chi connectivity index (χ0) is 14.1. The predicted octanol–water partition coefficient (Wildman–Crippen LogP) is 3.42. The van der Waals surface area contributed by atoms with Crippen LogP contribution in [-0.4, -0.2) is 29.0 Å². The second-order valence-electron chi connectivity index (χ2n) is 5.69. The highest BCUT2D eigenvalue weighted by Crippen LogP contribution is 2.26. The first-order valence-corrected chi connectivity index (χ1v) is 7.96. The van der Waals surface area contributed by atoms with Crippen LogP contribution in [0.5, 0.6) is 0 Å². The first-order valence-electron chi connectivity index (χ1n) is 7.15. The number of fused-ring (bicyclic) bond motifs is 1. The summed E-state index contributed by atoms with van der Waals surface area (Å²) in [6.45, 7) is 5.13. The molecule has 0 amide bonds. The molecule has 0 aliphatic carbocycles. The van der Waals surface area contributed by atoms with E-state index in [9.17, 15) is 4.39 Å². The predicted molar refractivity (Wildman–Crippen MR) is 88.5 cm³/mol. The Hall–Kier alpha value is -0.750. The third-order valence-corrected chi connectivity index (χ3v) is 5.13. The Bertz CT molecular complexity index is 594. The van der Waals surface area contributed by atoms with Crippen molar-refractivity contribution in [3.63, 3.8) is 0 Å². The summed E-state index contributed by atoms with van der Waals surface area (Å²) in [6, 6.07) is 5.09. The number of rotatable bonds is 3. The highest BCUT2D eigenvalue weighted by atomic mass is 35.5. The smallest absolute Gasteiger partial charge is 0.124 e. The summed E-state index contributed by atoms with van der Waals surface area (Å²) >= 11 is 1.59. The van der Waals surface area contributed by atoms with Gasteiger partial charge in [0.15, 0.2) is 0 Å². The molecule has 1 saturated heterocycles. The Kier molecular flexibility index (Phi) is 5.54. The van der Waals surface area contributed by atoms with Crippen molar-refractivity contribution in [3.05, 3.63) is 29.0 Å². The zero-order valence-corrected chi connectivity index (χ0v) is 13.7. The number of piperidine rings is 1. The van der Waals surface area contributed by atoms with E-state index in [1.165, 1.54) is 6.07 Å². The molecule has 2 N–H and O–H groups in total. The van der Waals surface area contributed by atoms with Gasteiger partial charge in [-0.1, -0.05) is 0 Å². The van der Waals surface area contributed by atoms with E-state index in [-0.39, 0.29) is 18.2 Å². The van der Waals surface area contributed by atoms with Gasteiger partial charge in [0, 0.05) is 6.04 Å². The Balaban J connectivity index is 0.00000161. The van der Waals surface area contributed by atoms with Crippen LogP contribution in [0.3, 0.4) is 0 Å². The van der Waals surface area contributed by atoms with Gasteiger partial charge < -0.3 is 5.73 Å². The second kappa shape index (κ2) is 7.01. The van der Waals surface area contributed by atoms with Crippen LogP contribution in [0.2, 0.25) is 0 Å². The summed E-state index contributed by atoms with van der Waals surface area (Å²) in [7, 11) is 0. The highest BCUT2D eigenvalue weighted by Gasteiger charge is 2.22. The Morgan fingerprint density at radius 3 is 2.81 bits per heavy atom. The van der Waals surface area contributed by atoms with Gasteiger partial charge in [0.25, 0.3) is 0 Å². The number of nitrogens with zero attached hydrogens (tertiary/aromatic N) is 2. The van der Waals surface area contributed by atoms with Crippen molar-refractivity contribution < 1.29 is 4.39 Å². The van der Waals surface area contributed by atoms with Gasteiger partial charge in [0.2, 0.25) is 0 Å². The Labute approximate surface area is 134 Å². The van der Waals surface area contributed by atoms with Crippen molar-refractivity contribution in [3.8, 4) is 0 Å². The summed E-state index contributed by atoms with van der Waals surface area (Å²) in [5.41, 5.74) is 6.87. The normalized spacial score (nSPS) is 18.6. The molecule has 2 heterocycles. The Morgan fingerprint density at radius 1 is 1.43 bits per heavy atom. The van der Waals surface area contributed by atoms with Crippen LogP contribution in [-0.2, 0) is 6.54 Å². The molecule has 3 rings (SSSR count). The highest BCUT2D eigenvalue weighted by molar-refractivity contribution is 7.18. The van der Waals surface area contributed by atoms with Gasteiger partial charge in [0.05, 0.1) is 16.8 Å². The SMILES string of the molecule is CC(N)C1CCN(Cc2nc3ccc(F)cc3s2)CC1.Cl. The minimum Gasteiger partial charge on any atom is -0.328 e. The monoisotopic (exact) mass is 329 g/mol. The van der Waals surface area contributed by atoms with Crippen molar-refractivity contribution in [2.45, 2.75) is 32.4 Å². The maximum absolute atomic E-state index is 13.2. The molecular formula is C15H21ClFN3S. The number of benzene rings is 1. The molecule has 116 valence electrons. The molecule has 1 atom stereocenters. The zero-order valence-electron chi connectivity index (χ0n) is 12.1. The van der Waals surface area contributed by atoms with E-state index in [2.05, 4.69) is 16.8 Å².